The zero-order valence-electron chi connectivity index (χ0n) is 15.5. The third kappa shape index (κ3) is 4.05. The fraction of sp³-hybridized carbons (Fsp3) is 0.429. The molecule has 0 bridgehead atoms. The number of likely N-dealkylation sites (tertiary alicyclic amines) is 1. The van der Waals surface area contributed by atoms with Gasteiger partial charge in [0.25, 0.3) is 5.91 Å². The molecule has 0 spiro atoms. The van der Waals surface area contributed by atoms with Crippen LogP contribution in [-0.2, 0) is 0 Å². The predicted molar refractivity (Wildman–Crippen MR) is 103 cm³/mol. The lowest BCUT2D eigenvalue weighted by atomic mass is 9.77. The van der Waals surface area contributed by atoms with Crippen LogP contribution in [0.3, 0.4) is 0 Å². The number of aliphatic hydroxyl groups excluding tert-OH is 1. The van der Waals surface area contributed by atoms with Gasteiger partial charge in [-0.2, -0.15) is 5.10 Å². The summed E-state index contributed by atoms with van der Waals surface area (Å²) in [5.41, 5.74) is 3.65. The summed E-state index contributed by atoms with van der Waals surface area (Å²) in [6, 6.07) is 9.51. The van der Waals surface area contributed by atoms with Crippen molar-refractivity contribution in [1.29, 1.82) is 0 Å². The number of H-pyrrole nitrogens is 1. The number of aromatic nitrogens is 2. The minimum absolute atomic E-state index is 0.0379. The molecule has 0 radical (unpaired) electrons. The van der Waals surface area contributed by atoms with E-state index in [1.807, 2.05) is 35.2 Å². The second-order valence-corrected chi connectivity index (χ2v) is 7.52. The van der Waals surface area contributed by atoms with Gasteiger partial charge in [0, 0.05) is 30.3 Å². The molecule has 1 saturated heterocycles. The van der Waals surface area contributed by atoms with E-state index >= 15 is 0 Å². The molecule has 26 heavy (non-hydrogen) atoms. The van der Waals surface area contributed by atoms with Crippen molar-refractivity contribution in [2.75, 3.05) is 19.7 Å². The Bertz CT molecular complexity index is 761. The number of allylic oxidation sites excluding steroid dienone is 2. The number of hydrogen-bond acceptors (Lipinski definition) is 3. The van der Waals surface area contributed by atoms with E-state index in [9.17, 15) is 9.90 Å². The Morgan fingerprint density at radius 3 is 2.69 bits per heavy atom. The van der Waals surface area contributed by atoms with Gasteiger partial charge in [-0.1, -0.05) is 23.8 Å². The smallest absolute Gasteiger partial charge is 0.253 e. The zero-order chi connectivity index (χ0) is 18.6. The van der Waals surface area contributed by atoms with Crippen molar-refractivity contribution < 1.29 is 9.90 Å². The molecule has 138 valence electrons. The molecule has 1 amide bonds. The molecule has 5 heteroatoms. The average molecular weight is 353 g/mol. The van der Waals surface area contributed by atoms with Crippen LogP contribution in [0.2, 0.25) is 0 Å². The highest BCUT2D eigenvalue weighted by Gasteiger charge is 2.36. The predicted octanol–water partition coefficient (Wildman–Crippen LogP) is 3.65. The normalized spacial score (nSPS) is 20.0. The standard InChI is InChI=1S/C21H27N3O2/c1-16(2)8-11-21(15-25)10-3-13-24(14-21)20(26)18-6-4-17(5-7-18)19-9-12-22-23-19/h4-9,12,25H,3,10-11,13-15H2,1-2H3,(H,22,23)/t21-/m1/s1. The zero-order valence-corrected chi connectivity index (χ0v) is 15.5. The summed E-state index contributed by atoms with van der Waals surface area (Å²) < 4.78 is 0. The SMILES string of the molecule is CC(C)=CC[C@]1(CO)CCCN(C(=O)c2ccc(-c3ccn[nH]3)cc2)C1. The van der Waals surface area contributed by atoms with Gasteiger partial charge in [0.15, 0.2) is 0 Å². The van der Waals surface area contributed by atoms with Gasteiger partial charge in [0.2, 0.25) is 0 Å². The van der Waals surface area contributed by atoms with Gasteiger partial charge in [-0.25, -0.2) is 0 Å². The number of nitrogens with zero attached hydrogens (tertiary/aromatic N) is 2. The number of piperidine rings is 1. The quantitative estimate of drug-likeness (QED) is 0.806. The third-order valence-electron chi connectivity index (χ3n) is 5.17. The summed E-state index contributed by atoms with van der Waals surface area (Å²) in [6.07, 6.45) is 6.58. The van der Waals surface area contributed by atoms with Gasteiger partial charge in [0.1, 0.15) is 0 Å². The van der Waals surface area contributed by atoms with E-state index in [0.29, 0.717) is 12.1 Å². The molecule has 0 aliphatic carbocycles. The molecular weight excluding hydrogens is 326 g/mol. The number of carbonyl (C=O) groups is 1. The third-order valence-corrected chi connectivity index (χ3v) is 5.17. The van der Waals surface area contributed by atoms with Crippen molar-refractivity contribution in [3.8, 4) is 11.3 Å². The molecule has 1 aliphatic rings. The van der Waals surface area contributed by atoms with E-state index in [2.05, 4.69) is 30.1 Å². The molecule has 3 rings (SSSR count). The van der Waals surface area contributed by atoms with Crippen molar-refractivity contribution in [3.63, 3.8) is 0 Å². The largest absolute Gasteiger partial charge is 0.396 e. The van der Waals surface area contributed by atoms with Gasteiger partial charge < -0.3 is 10.0 Å². The lowest BCUT2D eigenvalue weighted by Gasteiger charge is -2.41. The molecule has 2 heterocycles. The van der Waals surface area contributed by atoms with Gasteiger partial charge in [0.05, 0.1) is 12.3 Å². The van der Waals surface area contributed by atoms with Gasteiger partial charge in [-0.05, 0) is 56.9 Å². The number of aromatic amines is 1. The molecule has 2 aromatic rings. The number of carbonyl (C=O) groups excluding carboxylic acids is 1. The summed E-state index contributed by atoms with van der Waals surface area (Å²) in [4.78, 5) is 14.8. The Labute approximate surface area is 154 Å². The van der Waals surface area contributed by atoms with Crippen LogP contribution in [0, 0.1) is 5.41 Å². The maximum absolute atomic E-state index is 12.9. The minimum atomic E-state index is -0.221. The Hall–Kier alpha value is -2.40. The first-order valence-electron chi connectivity index (χ1n) is 9.16. The summed E-state index contributed by atoms with van der Waals surface area (Å²) in [7, 11) is 0. The molecule has 1 aromatic heterocycles. The van der Waals surface area contributed by atoms with Crippen molar-refractivity contribution in [3.05, 3.63) is 53.7 Å². The molecule has 5 nitrogen and oxygen atoms in total. The van der Waals surface area contributed by atoms with E-state index < -0.39 is 0 Å². The molecule has 0 unspecified atom stereocenters. The van der Waals surface area contributed by atoms with Crippen molar-refractivity contribution in [2.24, 2.45) is 5.41 Å². The van der Waals surface area contributed by atoms with Crippen molar-refractivity contribution >= 4 is 5.91 Å². The highest BCUT2D eigenvalue weighted by molar-refractivity contribution is 5.94. The van der Waals surface area contributed by atoms with E-state index in [0.717, 1.165) is 37.1 Å². The summed E-state index contributed by atoms with van der Waals surface area (Å²) in [6.45, 7) is 5.60. The topological polar surface area (TPSA) is 69.2 Å². The Morgan fingerprint density at radius 2 is 2.08 bits per heavy atom. The highest BCUT2D eigenvalue weighted by Crippen LogP contribution is 2.34. The van der Waals surface area contributed by atoms with Crippen LogP contribution < -0.4 is 0 Å². The first-order valence-corrected chi connectivity index (χ1v) is 9.16. The number of hydrogen-bond donors (Lipinski definition) is 2. The Balaban J connectivity index is 1.73. The maximum Gasteiger partial charge on any atom is 0.253 e. The molecule has 1 aliphatic heterocycles. The second kappa shape index (κ2) is 7.87. The van der Waals surface area contributed by atoms with E-state index in [-0.39, 0.29) is 17.9 Å². The van der Waals surface area contributed by atoms with Crippen LogP contribution >= 0.6 is 0 Å². The number of nitrogens with one attached hydrogen (secondary N) is 1. The average Bonchev–Trinajstić information content (AvgIpc) is 3.21. The number of amides is 1. The van der Waals surface area contributed by atoms with Crippen LogP contribution in [0.15, 0.2) is 48.2 Å². The first-order chi connectivity index (χ1) is 12.5. The maximum atomic E-state index is 12.9. The summed E-state index contributed by atoms with van der Waals surface area (Å²) >= 11 is 0. The highest BCUT2D eigenvalue weighted by atomic mass is 16.3. The van der Waals surface area contributed by atoms with Crippen LogP contribution in [0.5, 0.6) is 0 Å². The van der Waals surface area contributed by atoms with Crippen molar-refractivity contribution in [1.82, 2.24) is 15.1 Å². The van der Waals surface area contributed by atoms with Crippen LogP contribution in [0.1, 0.15) is 43.5 Å². The van der Waals surface area contributed by atoms with Crippen LogP contribution in [-0.4, -0.2) is 45.8 Å². The van der Waals surface area contributed by atoms with E-state index in [4.69, 9.17) is 0 Å². The fourth-order valence-corrected chi connectivity index (χ4v) is 3.55. The van der Waals surface area contributed by atoms with Gasteiger partial charge in [-0.15, -0.1) is 0 Å². The minimum Gasteiger partial charge on any atom is -0.396 e. The molecule has 1 atom stereocenters. The van der Waals surface area contributed by atoms with Gasteiger partial charge >= 0.3 is 0 Å². The summed E-state index contributed by atoms with van der Waals surface area (Å²) in [5.74, 6) is 0.0379. The van der Waals surface area contributed by atoms with E-state index in [1.54, 1.807) is 6.20 Å². The Kier molecular flexibility index (Phi) is 5.57. The number of benzene rings is 1. The monoisotopic (exact) mass is 353 g/mol. The lowest BCUT2D eigenvalue weighted by molar-refractivity contribution is 0.0284. The van der Waals surface area contributed by atoms with Crippen molar-refractivity contribution in [2.45, 2.75) is 33.1 Å². The molecule has 1 fully saturated rings. The first kappa shape index (κ1) is 18.4. The Morgan fingerprint density at radius 1 is 1.31 bits per heavy atom. The van der Waals surface area contributed by atoms with Crippen LogP contribution in [0.4, 0.5) is 0 Å². The molecular formula is C21H27N3O2. The fourth-order valence-electron chi connectivity index (χ4n) is 3.55. The lowest BCUT2D eigenvalue weighted by Crippen LogP contribution is -2.47. The molecule has 1 aromatic carbocycles. The van der Waals surface area contributed by atoms with E-state index in [1.165, 1.54) is 5.57 Å². The summed E-state index contributed by atoms with van der Waals surface area (Å²) in [5, 5.41) is 16.9. The van der Waals surface area contributed by atoms with Gasteiger partial charge in [-0.3, -0.25) is 9.89 Å². The van der Waals surface area contributed by atoms with Crippen LogP contribution in [0.25, 0.3) is 11.3 Å². The molecule has 0 saturated carbocycles. The number of rotatable bonds is 5. The second-order valence-electron chi connectivity index (χ2n) is 7.52. The number of aliphatic hydroxyl groups is 1. The molecule has 2 N–H and O–H groups in total.